The van der Waals surface area contributed by atoms with Gasteiger partial charge in [0.2, 0.25) is 0 Å². The van der Waals surface area contributed by atoms with Crippen molar-refractivity contribution in [2.45, 2.75) is 54.9 Å². The van der Waals surface area contributed by atoms with Crippen LogP contribution in [0.1, 0.15) is 30.4 Å². The van der Waals surface area contributed by atoms with E-state index in [2.05, 4.69) is 11.5 Å². The van der Waals surface area contributed by atoms with E-state index in [9.17, 15) is 10.2 Å². The molecule has 260 valence electrons. The lowest BCUT2D eigenvalue weighted by Gasteiger charge is -2.64. The Labute approximate surface area is 272 Å². The lowest BCUT2D eigenvalue weighted by atomic mass is 9.48. The number of rotatable bonds is 24. The fraction of sp³-hybridized carbons (Fsp3) is 0.765. The van der Waals surface area contributed by atoms with Crippen LogP contribution in [0, 0.1) is 0 Å². The lowest BCUT2D eigenvalue weighted by molar-refractivity contribution is -0.215. The van der Waals surface area contributed by atoms with Gasteiger partial charge in [0.05, 0.1) is 110 Å². The van der Waals surface area contributed by atoms with Crippen LogP contribution < -0.4 is 4.74 Å². The van der Waals surface area contributed by atoms with Gasteiger partial charge < -0.3 is 52.8 Å². The predicted molar refractivity (Wildman–Crippen MR) is 169 cm³/mol. The summed E-state index contributed by atoms with van der Waals surface area (Å²) in [4.78, 5) is 2.35. The van der Waals surface area contributed by atoms with Crippen molar-refractivity contribution in [3.63, 3.8) is 0 Å². The summed E-state index contributed by atoms with van der Waals surface area (Å²) in [5, 5.41) is 23.1. The first kappa shape index (κ1) is 35.5. The van der Waals surface area contributed by atoms with E-state index in [1.54, 1.807) is 13.2 Å². The van der Waals surface area contributed by atoms with Crippen molar-refractivity contribution in [2.24, 2.45) is 0 Å². The van der Waals surface area contributed by atoms with Gasteiger partial charge in [0.15, 0.2) is 11.5 Å². The number of ether oxygens (including phenoxy) is 9. The molecule has 12 heteroatoms. The number of methoxy groups -OCH3 is 1. The largest absolute Gasteiger partial charge is 0.504 e. The highest BCUT2D eigenvalue weighted by atomic mass is 16.6. The van der Waals surface area contributed by atoms with Gasteiger partial charge in [-0.3, -0.25) is 4.90 Å². The van der Waals surface area contributed by atoms with E-state index >= 15 is 0 Å². The molecule has 2 aliphatic heterocycles. The number of hydrogen-bond acceptors (Lipinski definition) is 12. The number of benzene rings is 1. The molecule has 0 aromatic heterocycles. The summed E-state index contributed by atoms with van der Waals surface area (Å²) in [6.45, 7) is 12.6. The molecule has 1 saturated heterocycles. The van der Waals surface area contributed by atoms with Crippen molar-refractivity contribution < 1.29 is 52.8 Å². The van der Waals surface area contributed by atoms with Crippen LogP contribution in [0.15, 0.2) is 24.8 Å². The smallest absolute Gasteiger partial charge is 0.165 e. The molecule has 12 nitrogen and oxygen atoms in total. The zero-order chi connectivity index (χ0) is 32.2. The lowest BCUT2D eigenvalue weighted by Crippen LogP contribution is -2.77. The normalized spacial score (nSPS) is 27.8. The maximum absolute atomic E-state index is 12.4. The van der Waals surface area contributed by atoms with E-state index < -0.39 is 11.0 Å². The zero-order valence-corrected chi connectivity index (χ0v) is 27.3. The van der Waals surface area contributed by atoms with Crippen molar-refractivity contribution in [3.8, 4) is 11.5 Å². The van der Waals surface area contributed by atoms with Crippen molar-refractivity contribution in [3.05, 3.63) is 35.9 Å². The first-order valence-corrected chi connectivity index (χ1v) is 16.7. The third kappa shape index (κ3) is 7.72. The summed E-state index contributed by atoms with van der Waals surface area (Å²) in [6, 6.07) is 3.69. The monoisotopic (exact) mass is 651 g/mol. The molecule has 0 amide bonds. The van der Waals surface area contributed by atoms with E-state index in [1.807, 2.05) is 12.1 Å². The standard InChI is InChI=1S/C34H53NO11/c1-3-9-35-10-8-33-30-26-4-5-27(36)31(30)46-32(33)28(6-7-34(33,37)29(35)25-26)45-24-23-44-22-21-43-20-19-42-18-17-41-16-15-40-14-13-39-12-11-38-2/h3-5,28-29,32,36-37H,1,6-25H2,2H3. The SMILES string of the molecule is C=CCN1CCC23c4c5ccc(O)c4OC2C(OCCOCCOCCOCCOCCOCCOCCOC)CCC3(O)C1C5. The molecule has 5 rings (SSSR count). The van der Waals surface area contributed by atoms with Gasteiger partial charge in [-0.25, -0.2) is 0 Å². The average molecular weight is 652 g/mol. The zero-order valence-electron chi connectivity index (χ0n) is 27.3. The highest BCUT2D eigenvalue weighted by Gasteiger charge is 2.73. The van der Waals surface area contributed by atoms with Gasteiger partial charge in [0.25, 0.3) is 0 Å². The quantitative estimate of drug-likeness (QED) is 0.125. The highest BCUT2D eigenvalue weighted by Crippen LogP contribution is 2.65. The Balaban J connectivity index is 0.930. The summed E-state index contributed by atoms with van der Waals surface area (Å²) in [7, 11) is 1.65. The molecule has 2 heterocycles. The molecule has 4 aliphatic rings. The topological polar surface area (TPSA) is 127 Å². The third-order valence-corrected chi connectivity index (χ3v) is 9.73. The Morgan fingerprint density at radius 2 is 1.41 bits per heavy atom. The molecule has 1 aromatic rings. The van der Waals surface area contributed by atoms with Gasteiger partial charge in [-0.2, -0.15) is 0 Å². The molecule has 5 atom stereocenters. The molecular weight excluding hydrogens is 598 g/mol. The Hall–Kier alpha value is -1.84. The molecule has 1 saturated carbocycles. The molecule has 1 spiro atoms. The summed E-state index contributed by atoms with van der Waals surface area (Å²) in [6.07, 6.45) is 4.12. The van der Waals surface area contributed by atoms with E-state index in [-0.39, 0.29) is 24.0 Å². The second-order valence-corrected chi connectivity index (χ2v) is 12.3. The van der Waals surface area contributed by atoms with Crippen LogP contribution in [0.4, 0.5) is 0 Å². The van der Waals surface area contributed by atoms with Gasteiger partial charge in [-0.05, 0) is 43.9 Å². The van der Waals surface area contributed by atoms with Crippen molar-refractivity contribution >= 4 is 0 Å². The van der Waals surface area contributed by atoms with Crippen molar-refractivity contribution in [1.29, 1.82) is 0 Å². The van der Waals surface area contributed by atoms with E-state index in [0.717, 1.165) is 37.1 Å². The van der Waals surface area contributed by atoms with Gasteiger partial charge in [-0.15, -0.1) is 6.58 Å². The van der Waals surface area contributed by atoms with Crippen molar-refractivity contribution in [2.75, 3.05) is 113 Å². The summed E-state index contributed by atoms with van der Waals surface area (Å²) in [5.41, 5.74) is 0.592. The molecule has 1 aromatic carbocycles. The molecule has 2 bridgehead atoms. The number of aromatic hydroxyl groups is 1. The number of phenolic OH excluding ortho intramolecular Hbond substituents is 1. The average Bonchev–Trinajstić information content (AvgIpc) is 3.41. The Kier molecular flexibility index (Phi) is 13.5. The number of hydrogen-bond donors (Lipinski definition) is 2. The second kappa shape index (κ2) is 17.5. The van der Waals surface area contributed by atoms with Crippen LogP contribution in [0.5, 0.6) is 11.5 Å². The molecule has 5 unspecified atom stereocenters. The predicted octanol–water partition coefficient (Wildman–Crippen LogP) is 1.86. The van der Waals surface area contributed by atoms with E-state index in [0.29, 0.717) is 111 Å². The van der Waals surface area contributed by atoms with Crippen LogP contribution in [0.25, 0.3) is 0 Å². The number of piperidine rings is 1. The summed E-state index contributed by atoms with van der Waals surface area (Å²) >= 11 is 0. The third-order valence-electron chi connectivity index (χ3n) is 9.73. The first-order chi connectivity index (χ1) is 22.6. The van der Waals surface area contributed by atoms with Gasteiger partial charge in [0, 0.05) is 25.3 Å². The molecule has 2 fully saturated rings. The fourth-order valence-electron chi connectivity index (χ4n) is 7.74. The van der Waals surface area contributed by atoms with E-state index in [1.165, 1.54) is 0 Å². The van der Waals surface area contributed by atoms with Crippen LogP contribution in [0.3, 0.4) is 0 Å². The summed E-state index contributed by atoms with van der Waals surface area (Å²) in [5.74, 6) is 0.660. The number of phenols is 1. The van der Waals surface area contributed by atoms with E-state index in [4.69, 9.17) is 42.6 Å². The number of aliphatic hydroxyl groups is 1. The maximum Gasteiger partial charge on any atom is 0.165 e. The number of nitrogens with zero attached hydrogens (tertiary/aromatic N) is 1. The molecule has 0 radical (unpaired) electrons. The van der Waals surface area contributed by atoms with Gasteiger partial charge in [-0.1, -0.05) is 12.1 Å². The van der Waals surface area contributed by atoms with Crippen LogP contribution in [0.2, 0.25) is 0 Å². The molecule has 2 N–H and O–H groups in total. The minimum absolute atomic E-state index is 0.0238. The highest BCUT2D eigenvalue weighted by molar-refractivity contribution is 5.62. The Bertz CT molecular complexity index is 1090. The molecule has 46 heavy (non-hydrogen) atoms. The van der Waals surface area contributed by atoms with Gasteiger partial charge >= 0.3 is 0 Å². The van der Waals surface area contributed by atoms with Crippen LogP contribution in [-0.4, -0.2) is 152 Å². The van der Waals surface area contributed by atoms with Crippen molar-refractivity contribution in [1.82, 2.24) is 4.90 Å². The second-order valence-electron chi connectivity index (χ2n) is 12.3. The minimum atomic E-state index is -0.954. The summed E-state index contributed by atoms with van der Waals surface area (Å²) < 4.78 is 50.9. The minimum Gasteiger partial charge on any atom is -0.504 e. The number of likely N-dealkylation sites (tertiary alicyclic amines) is 1. The molecule has 2 aliphatic carbocycles. The first-order valence-electron chi connectivity index (χ1n) is 16.7. The van der Waals surface area contributed by atoms with Crippen LogP contribution >= 0.6 is 0 Å². The Morgan fingerprint density at radius 3 is 1.98 bits per heavy atom. The maximum atomic E-state index is 12.4. The Morgan fingerprint density at radius 1 is 0.848 bits per heavy atom. The van der Waals surface area contributed by atoms with Gasteiger partial charge in [0.1, 0.15) is 6.10 Å². The molecular formula is C34H53NO11. The van der Waals surface area contributed by atoms with Crippen LogP contribution in [-0.2, 0) is 49.7 Å². The fourth-order valence-corrected chi connectivity index (χ4v) is 7.74.